The van der Waals surface area contributed by atoms with Crippen LogP contribution in [0.5, 0.6) is 5.75 Å². The highest BCUT2D eigenvalue weighted by atomic mass is 16.3. The summed E-state index contributed by atoms with van der Waals surface area (Å²) in [7, 11) is 0. The number of aromatic amines is 1. The molecule has 2 N–H and O–H groups in total. The van der Waals surface area contributed by atoms with Crippen molar-refractivity contribution in [2.75, 3.05) is 0 Å². The Kier molecular flexibility index (Phi) is 2.84. The van der Waals surface area contributed by atoms with E-state index in [4.69, 9.17) is 0 Å². The van der Waals surface area contributed by atoms with E-state index in [-0.39, 0.29) is 11.3 Å². The number of hydrogen-bond acceptors (Lipinski definition) is 3. The molecule has 3 rings (SSSR count). The van der Waals surface area contributed by atoms with Crippen LogP contribution in [-0.2, 0) is 0 Å². The highest BCUT2D eigenvalue weighted by Gasteiger charge is 2.10. The topological polar surface area (TPSA) is 70.2 Å². The maximum atomic E-state index is 11.8. The van der Waals surface area contributed by atoms with E-state index in [0.717, 1.165) is 17.4 Å². The largest absolute Gasteiger partial charge is 0.507 e. The van der Waals surface area contributed by atoms with Crippen molar-refractivity contribution < 1.29 is 9.90 Å². The van der Waals surface area contributed by atoms with E-state index in [9.17, 15) is 14.7 Å². The van der Waals surface area contributed by atoms with Gasteiger partial charge in [-0.1, -0.05) is 30.3 Å². The maximum absolute atomic E-state index is 11.8. The molecule has 0 atom stereocenters. The summed E-state index contributed by atoms with van der Waals surface area (Å²) in [5, 5.41) is 11.0. The minimum absolute atomic E-state index is 0.0584. The van der Waals surface area contributed by atoms with E-state index in [0.29, 0.717) is 16.3 Å². The first-order valence-electron chi connectivity index (χ1n) is 6.09. The molecule has 98 valence electrons. The lowest BCUT2D eigenvalue weighted by Gasteiger charge is -2.08. The van der Waals surface area contributed by atoms with E-state index in [1.165, 1.54) is 0 Å². The molecular weight excluding hydrogens is 254 g/mol. The Morgan fingerprint density at radius 3 is 2.50 bits per heavy atom. The number of carbonyl (C=O) groups is 1. The molecular formula is C16H11NO3. The zero-order valence-corrected chi connectivity index (χ0v) is 10.5. The van der Waals surface area contributed by atoms with Crippen LogP contribution in [0.3, 0.4) is 0 Å². The molecule has 0 aliphatic rings. The van der Waals surface area contributed by atoms with Gasteiger partial charge in [0, 0.05) is 22.7 Å². The highest BCUT2D eigenvalue weighted by Crippen LogP contribution is 2.32. The molecule has 0 aliphatic carbocycles. The normalized spacial score (nSPS) is 10.6. The quantitative estimate of drug-likeness (QED) is 0.700. The van der Waals surface area contributed by atoms with Crippen molar-refractivity contribution in [3.63, 3.8) is 0 Å². The van der Waals surface area contributed by atoms with Crippen LogP contribution >= 0.6 is 0 Å². The molecule has 0 saturated heterocycles. The fourth-order valence-electron chi connectivity index (χ4n) is 2.27. The fraction of sp³-hybridized carbons (Fsp3) is 0. The SMILES string of the molecule is O=Cc1ccc(-c2c[nH]c(=O)c3cccc(O)c23)cc1. The summed E-state index contributed by atoms with van der Waals surface area (Å²) in [4.78, 5) is 25.1. The number of aldehydes is 1. The molecule has 1 aromatic heterocycles. The number of carbonyl (C=O) groups excluding carboxylic acids is 1. The number of pyridine rings is 1. The number of H-pyrrole nitrogens is 1. The van der Waals surface area contributed by atoms with Gasteiger partial charge in [0.05, 0.1) is 5.39 Å². The lowest BCUT2D eigenvalue weighted by Crippen LogP contribution is -2.05. The first-order valence-corrected chi connectivity index (χ1v) is 6.09. The van der Waals surface area contributed by atoms with E-state index < -0.39 is 0 Å². The fourth-order valence-corrected chi connectivity index (χ4v) is 2.27. The van der Waals surface area contributed by atoms with Gasteiger partial charge in [0.1, 0.15) is 12.0 Å². The van der Waals surface area contributed by atoms with E-state index in [1.54, 1.807) is 48.7 Å². The number of benzene rings is 2. The summed E-state index contributed by atoms with van der Waals surface area (Å²) in [5.41, 5.74) is 1.87. The van der Waals surface area contributed by atoms with Crippen LogP contribution < -0.4 is 5.56 Å². The highest BCUT2D eigenvalue weighted by molar-refractivity contribution is 6.00. The lowest BCUT2D eigenvalue weighted by molar-refractivity contribution is 0.112. The Balaban J connectivity index is 2.33. The van der Waals surface area contributed by atoms with Gasteiger partial charge in [0.2, 0.25) is 0 Å². The number of phenolic OH excluding ortho intramolecular Hbond substituents is 1. The lowest BCUT2D eigenvalue weighted by atomic mass is 9.99. The molecule has 20 heavy (non-hydrogen) atoms. The van der Waals surface area contributed by atoms with Crippen molar-refractivity contribution in [1.82, 2.24) is 4.98 Å². The number of phenols is 1. The summed E-state index contributed by atoms with van der Waals surface area (Å²) >= 11 is 0. The Morgan fingerprint density at radius 1 is 1.05 bits per heavy atom. The molecule has 0 amide bonds. The molecule has 2 aromatic carbocycles. The van der Waals surface area contributed by atoms with Gasteiger partial charge in [-0.2, -0.15) is 0 Å². The molecule has 0 spiro atoms. The third kappa shape index (κ3) is 1.87. The van der Waals surface area contributed by atoms with Crippen LogP contribution in [0, 0.1) is 0 Å². The van der Waals surface area contributed by atoms with Gasteiger partial charge in [-0.05, 0) is 17.7 Å². The second-order valence-corrected chi connectivity index (χ2v) is 4.47. The summed E-state index contributed by atoms with van der Waals surface area (Å²) in [6.45, 7) is 0. The Labute approximate surface area is 114 Å². The third-order valence-corrected chi connectivity index (χ3v) is 3.26. The minimum Gasteiger partial charge on any atom is -0.507 e. The third-order valence-electron chi connectivity index (χ3n) is 3.26. The first-order chi connectivity index (χ1) is 9.70. The van der Waals surface area contributed by atoms with Crippen LogP contribution in [-0.4, -0.2) is 16.4 Å². The molecule has 0 bridgehead atoms. The average molecular weight is 265 g/mol. The molecule has 0 radical (unpaired) electrons. The molecule has 4 nitrogen and oxygen atoms in total. The molecule has 0 fully saturated rings. The van der Waals surface area contributed by atoms with Gasteiger partial charge in [0.15, 0.2) is 0 Å². The van der Waals surface area contributed by atoms with Crippen LogP contribution in [0.4, 0.5) is 0 Å². The molecule has 0 saturated carbocycles. The summed E-state index contributed by atoms with van der Waals surface area (Å²) in [6, 6.07) is 11.8. The van der Waals surface area contributed by atoms with Crippen LogP contribution in [0.25, 0.3) is 21.9 Å². The molecule has 1 heterocycles. The maximum Gasteiger partial charge on any atom is 0.255 e. The monoisotopic (exact) mass is 265 g/mol. The van der Waals surface area contributed by atoms with Crippen molar-refractivity contribution in [2.24, 2.45) is 0 Å². The smallest absolute Gasteiger partial charge is 0.255 e. The van der Waals surface area contributed by atoms with Gasteiger partial charge < -0.3 is 10.1 Å². The second kappa shape index (κ2) is 4.66. The zero-order valence-electron chi connectivity index (χ0n) is 10.5. The van der Waals surface area contributed by atoms with Crippen molar-refractivity contribution in [1.29, 1.82) is 0 Å². The number of rotatable bonds is 2. The van der Waals surface area contributed by atoms with Crippen molar-refractivity contribution in [3.05, 3.63) is 64.6 Å². The Morgan fingerprint density at radius 2 is 1.80 bits per heavy atom. The Bertz CT molecular complexity index is 848. The van der Waals surface area contributed by atoms with Crippen LogP contribution in [0.2, 0.25) is 0 Å². The number of aromatic hydroxyl groups is 1. The van der Waals surface area contributed by atoms with Crippen LogP contribution in [0.1, 0.15) is 10.4 Å². The number of hydrogen-bond donors (Lipinski definition) is 2. The molecule has 4 heteroatoms. The average Bonchev–Trinajstić information content (AvgIpc) is 2.49. The van der Waals surface area contributed by atoms with Crippen LogP contribution in [0.15, 0.2) is 53.5 Å². The van der Waals surface area contributed by atoms with Gasteiger partial charge in [-0.15, -0.1) is 0 Å². The first kappa shape index (κ1) is 12.2. The van der Waals surface area contributed by atoms with E-state index in [2.05, 4.69) is 4.98 Å². The number of fused-ring (bicyclic) bond motifs is 1. The van der Waals surface area contributed by atoms with E-state index >= 15 is 0 Å². The van der Waals surface area contributed by atoms with Gasteiger partial charge in [-0.3, -0.25) is 9.59 Å². The van der Waals surface area contributed by atoms with Gasteiger partial charge in [-0.25, -0.2) is 0 Å². The molecule has 3 aromatic rings. The summed E-state index contributed by atoms with van der Waals surface area (Å²) in [5.74, 6) is 0.0584. The summed E-state index contributed by atoms with van der Waals surface area (Å²) < 4.78 is 0. The Hall–Kier alpha value is -2.88. The van der Waals surface area contributed by atoms with Gasteiger partial charge >= 0.3 is 0 Å². The zero-order chi connectivity index (χ0) is 14.1. The predicted molar refractivity (Wildman–Crippen MR) is 77.1 cm³/mol. The minimum atomic E-state index is -0.246. The number of aromatic nitrogens is 1. The van der Waals surface area contributed by atoms with Gasteiger partial charge in [0.25, 0.3) is 5.56 Å². The molecule has 0 unspecified atom stereocenters. The van der Waals surface area contributed by atoms with Crippen molar-refractivity contribution in [3.8, 4) is 16.9 Å². The standard InChI is InChI=1S/C16H11NO3/c18-9-10-4-6-11(7-5-10)13-8-17-16(20)12-2-1-3-14(19)15(12)13/h1-9,19H,(H,17,20). The van der Waals surface area contributed by atoms with Crippen molar-refractivity contribution >= 4 is 17.1 Å². The second-order valence-electron chi connectivity index (χ2n) is 4.47. The number of nitrogens with one attached hydrogen (secondary N) is 1. The summed E-state index contributed by atoms with van der Waals surface area (Å²) in [6.07, 6.45) is 2.34. The van der Waals surface area contributed by atoms with E-state index in [1.807, 2.05) is 0 Å². The predicted octanol–water partition coefficient (Wildman–Crippen LogP) is 2.71. The van der Waals surface area contributed by atoms with Crippen molar-refractivity contribution in [2.45, 2.75) is 0 Å². The molecule has 0 aliphatic heterocycles.